The summed E-state index contributed by atoms with van der Waals surface area (Å²) in [6.07, 6.45) is 5.60. The molecule has 3 N–H and O–H groups in total. The van der Waals surface area contributed by atoms with Crippen molar-refractivity contribution in [3.05, 3.63) is 36.4 Å². The van der Waals surface area contributed by atoms with E-state index in [1.807, 2.05) is 6.07 Å². The molecule has 7 nitrogen and oxygen atoms in total. The van der Waals surface area contributed by atoms with Crippen LogP contribution in [0.25, 0.3) is 11.1 Å². The Morgan fingerprint density at radius 3 is 2.94 bits per heavy atom. The Kier molecular flexibility index (Phi) is 6.48. The van der Waals surface area contributed by atoms with Gasteiger partial charge in [-0.15, -0.1) is 0 Å². The zero-order valence-electron chi connectivity index (χ0n) is 18.1. The van der Waals surface area contributed by atoms with E-state index in [0.717, 1.165) is 45.2 Å². The first kappa shape index (κ1) is 21.6. The van der Waals surface area contributed by atoms with E-state index in [1.165, 1.54) is 0 Å². The molecule has 2 aliphatic heterocycles. The van der Waals surface area contributed by atoms with Crippen LogP contribution in [0.5, 0.6) is 0 Å². The van der Waals surface area contributed by atoms with Crippen LogP contribution < -0.4 is 16.0 Å². The Morgan fingerprint density at radius 2 is 2.16 bits per heavy atom. The first-order valence-electron chi connectivity index (χ1n) is 10.9. The van der Waals surface area contributed by atoms with Gasteiger partial charge in [-0.2, -0.15) is 0 Å². The largest absolute Gasteiger partial charge is 0.376 e. The lowest BCUT2D eigenvalue weighted by molar-refractivity contribution is -0.119. The number of hydrogen-bond donors (Lipinski definition) is 3. The number of pyridine rings is 2. The minimum absolute atomic E-state index is 0.0813. The van der Waals surface area contributed by atoms with E-state index in [0.29, 0.717) is 35.2 Å². The average molecular weight is 428 g/mol. The number of nitrogens with one attached hydrogen (secondary N) is 3. The predicted molar refractivity (Wildman–Crippen MR) is 118 cm³/mol. The second-order valence-corrected chi connectivity index (χ2v) is 9.01. The molecule has 2 aromatic rings. The number of hydrogen-bond acceptors (Lipinski definition) is 6. The van der Waals surface area contributed by atoms with Crippen molar-refractivity contribution >= 4 is 17.5 Å². The van der Waals surface area contributed by atoms with Gasteiger partial charge in [-0.3, -0.25) is 4.79 Å². The Labute approximate surface area is 182 Å². The van der Waals surface area contributed by atoms with Crippen LogP contribution in [0.15, 0.2) is 30.6 Å². The van der Waals surface area contributed by atoms with Gasteiger partial charge in [0.15, 0.2) is 0 Å². The maximum absolute atomic E-state index is 14.5. The summed E-state index contributed by atoms with van der Waals surface area (Å²) in [5, 5.41) is 9.37. The summed E-state index contributed by atoms with van der Waals surface area (Å²) in [4.78, 5) is 20.8. The molecule has 4 heterocycles. The summed E-state index contributed by atoms with van der Waals surface area (Å²) in [5.74, 6) is 0.932. The first-order chi connectivity index (χ1) is 14.9. The lowest BCUT2D eigenvalue weighted by Crippen LogP contribution is -2.36. The molecule has 166 valence electrons. The van der Waals surface area contributed by atoms with E-state index in [1.54, 1.807) is 18.3 Å². The zero-order chi connectivity index (χ0) is 21.8. The quantitative estimate of drug-likeness (QED) is 0.655. The van der Waals surface area contributed by atoms with Crippen LogP contribution in [0.2, 0.25) is 0 Å². The molecule has 0 saturated carbocycles. The number of nitrogens with zero attached hydrogens (tertiary/aromatic N) is 2. The van der Waals surface area contributed by atoms with Gasteiger partial charge in [0.1, 0.15) is 17.5 Å². The SMILES string of the molecule is CC1(C)CC(CNc2cc(-c3cc(NC(=O)C4CCNC4)ncc3F)ccn2)CCO1. The van der Waals surface area contributed by atoms with Gasteiger partial charge in [0.2, 0.25) is 5.91 Å². The lowest BCUT2D eigenvalue weighted by Gasteiger charge is -2.35. The number of carbonyl (C=O) groups is 1. The second kappa shape index (κ2) is 9.28. The summed E-state index contributed by atoms with van der Waals surface area (Å²) in [7, 11) is 0. The fourth-order valence-electron chi connectivity index (χ4n) is 4.31. The van der Waals surface area contributed by atoms with Crippen molar-refractivity contribution < 1.29 is 13.9 Å². The number of ether oxygens (including phenoxy) is 1. The molecule has 0 spiro atoms. The molecule has 2 fully saturated rings. The molecule has 2 atom stereocenters. The van der Waals surface area contributed by atoms with Crippen molar-refractivity contribution in [2.45, 2.75) is 38.7 Å². The van der Waals surface area contributed by atoms with Crippen LogP contribution in [0, 0.1) is 17.7 Å². The second-order valence-electron chi connectivity index (χ2n) is 9.01. The maximum Gasteiger partial charge on any atom is 0.229 e. The van der Waals surface area contributed by atoms with Crippen molar-refractivity contribution in [1.82, 2.24) is 15.3 Å². The highest BCUT2D eigenvalue weighted by atomic mass is 19.1. The van der Waals surface area contributed by atoms with Crippen molar-refractivity contribution in [2.24, 2.45) is 11.8 Å². The molecule has 0 aromatic carbocycles. The van der Waals surface area contributed by atoms with Crippen LogP contribution in [-0.2, 0) is 9.53 Å². The molecule has 31 heavy (non-hydrogen) atoms. The van der Waals surface area contributed by atoms with E-state index in [-0.39, 0.29) is 17.4 Å². The molecule has 2 aliphatic rings. The molecule has 2 saturated heterocycles. The Hall–Kier alpha value is -2.58. The first-order valence-corrected chi connectivity index (χ1v) is 10.9. The lowest BCUT2D eigenvalue weighted by atomic mass is 9.88. The van der Waals surface area contributed by atoms with Crippen LogP contribution in [0.4, 0.5) is 16.0 Å². The number of carbonyl (C=O) groups excluding carboxylic acids is 1. The normalized spacial score (nSPS) is 22.8. The van der Waals surface area contributed by atoms with Crippen molar-refractivity contribution in [2.75, 3.05) is 36.9 Å². The van der Waals surface area contributed by atoms with Gasteiger partial charge >= 0.3 is 0 Å². The maximum atomic E-state index is 14.5. The van der Waals surface area contributed by atoms with Crippen molar-refractivity contribution in [3.8, 4) is 11.1 Å². The minimum Gasteiger partial charge on any atom is -0.376 e. The smallest absolute Gasteiger partial charge is 0.229 e. The van der Waals surface area contributed by atoms with Crippen LogP contribution in [0.3, 0.4) is 0 Å². The van der Waals surface area contributed by atoms with Gasteiger partial charge in [0.25, 0.3) is 0 Å². The third-order valence-electron chi connectivity index (χ3n) is 5.98. The molecule has 1 amide bonds. The summed E-state index contributed by atoms with van der Waals surface area (Å²) in [5.41, 5.74) is 0.963. The van der Waals surface area contributed by atoms with E-state index in [4.69, 9.17) is 4.74 Å². The van der Waals surface area contributed by atoms with Crippen LogP contribution >= 0.6 is 0 Å². The zero-order valence-corrected chi connectivity index (χ0v) is 18.1. The third-order valence-corrected chi connectivity index (χ3v) is 5.98. The van der Waals surface area contributed by atoms with Crippen LogP contribution in [-0.4, -0.2) is 47.7 Å². The number of halogens is 1. The van der Waals surface area contributed by atoms with Gasteiger partial charge in [-0.25, -0.2) is 14.4 Å². The molecular weight excluding hydrogens is 397 g/mol. The molecule has 0 bridgehead atoms. The number of aromatic nitrogens is 2. The van der Waals surface area contributed by atoms with Gasteiger partial charge in [-0.05, 0) is 69.3 Å². The summed E-state index contributed by atoms with van der Waals surface area (Å²) < 4.78 is 20.3. The fourth-order valence-corrected chi connectivity index (χ4v) is 4.31. The standard InChI is InChI=1S/C23H30FN5O2/c1-23(2)11-15(5-8-31-23)12-27-20-9-16(4-7-26-20)18-10-21(28-14-19(18)24)29-22(30)17-3-6-25-13-17/h4,7,9-10,14-15,17,25H,3,5-6,8,11-13H2,1-2H3,(H,26,27)(H,28,29,30). The number of rotatable bonds is 6. The summed E-state index contributed by atoms with van der Waals surface area (Å²) in [6, 6.07) is 5.17. The van der Waals surface area contributed by atoms with Crippen molar-refractivity contribution in [1.29, 1.82) is 0 Å². The van der Waals surface area contributed by atoms with Crippen molar-refractivity contribution in [3.63, 3.8) is 0 Å². The van der Waals surface area contributed by atoms with Crippen LogP contribution in [0.1, 0.15) is 33.1 Å². The Balaban J connectivity index is 1.44. The highest BCUT2D eigenvalue weighted by Crippen LogP contribution is 2.30. The molecule has 0 aliphatic carbocycles. The Morgan fingerprint density at radius 1 is 1.29 bits per heavy atom. The van der Waals surface area contributed by atoms with Gasteiger partial charge < -0.3 is 20.7 Å². The highest BCUT2D eigenvalue weighted by molar-refractivity contribution is 5.92. The van der Waals surface area contributed by atoms with E-state index >= 15 is 0 Å². The Bertz CT molecular complexity index is 930. The fraction of sp³-hybridized carbons (Fsp3) is 0.522. The topological polar surface area (TPSA) is 88.2 Å². The molecular formula is C23H30FN5O2. The van der Waals surface area contributed by atoms with Gasteiger partial charge in [0, 0.05) is 31.5 Å². The number of amides is 1. The number of anilines is 2. The molecule has 4 rings (SSSR count). The third kappa shape index (κ3) is 5.57. The highest BCUT2D eigenvalue weighted by Gasteiger charge is 2.28. The molecule has 0 radical (unpaired) electrons. The van der Waals surface area contributed by atoms with E-state index in [2.05, 4.69) is 39.8 Å². The monoisotopic (exact) mass is 427 g/mol. The summed E-state index contributed by atoms with van der Waals surface area (Å²) >= 11 is 0. The van der Waals surface area contributed by atoms with E-state index < -0.39 is 5.82 Å². The summed E-state index contributed by atoms with van der Waals surface area (Å²) in [6.45, 7) is 7.27. The molecule has 2 unspecified atom stereocenters. The van der Waals surface area contributed by atoms with E-state index in [9.17, 15) is 9.18 Å². The van der Waals surface area contributed by atoms with Gasteiger partial charge in [-0.1, -0.05) is 0 Å². The molecule has 8 heteroatoms. The average Bonchev–Trinajstić information content (AvgIpc) is 3.28. The predicted octanol–water partition coefficient (Wildman–Crippen LogP) is 3.45. The molecule has 2 aromatic heterocycles. The van der Waals surface area contributed by atoms with Gasteiger partial charge in [0.05, 0.1) is 17.7 Å². The minimum atomic E-state index is -0.441.